The summed E-state index contributed by atoms with van der Waals surface area (Å²) in [5.41, 5.74) is 2.73. The fourth-order valence-corrected chi connectivity index (χ4v) is 4.67. The molecule has 1 unspecified atom stereocenters. The van der Waals surface area contributed by atoms with Gasteiger partial charge in [0.2, 0.25) is 0 Å². The van der Waals surface area contributed by atoms with E-state index in [1.165, 1.54) is 31.7 Å². The van der Waals surface area contributed by atoms with Crippen molar-refractivity contribution in [2.45, 2.75) is 90.7 Å². The fraction of sp³-hybridized carbons (Fsp3) is 0.441. The minimum atomic E-state index is -1.14. The van der Waals surface area contributed by atoms with Crippen LogP contribution in [0.4, 0.5) is 10.5 Å². The molecule has 0 bridgehead atoms. The number of ether oxygens (including phenoxy) is 1. The maximum absolute atomic E-state index is 13.0. The zero-order valence-corrected chi connectivity index (χ0v) is 26.1. The summed E-state index contributed by atoms with van der Waals surface area (Å²) in [6.45, 7) is 7.60. The molecule has 0 radical (unpaired) electrons. The van der Waals surface area contributed by atoms with Gasteiger partial charge in [0.25, 0.3) is 11.5 Å². The molecule has 1 atom stereocenters. The Labute approximate surface area is 258 Å². The first-order valence-corrected chi connectivity index (χ1v) is 15.2. The molecule has 10 heteroatoms. The standard InChI is InChI=1S/C34H44N4O6/c1-24(32(41)42)38-23-29(16-17-30(38)39)37-31(40)27-15-12-14-26(20-27)28-19-25(21-35-22-28)13-10-8-6-5-7-9-11-18-36-33(43)44-34(2,3)4/h12,14-17,19-24H,5-11,13,18H2,1-4H3,(H,36,43)(H,37,40)(H,41,42). The van der Waals surface area contributed by atoms with Crippen molar-refractivity contribution in [3.8, 4) is 11.1 Å². The highest BCUT2D eigenvalue weighted by Crippen LogP contribution is 2.22. The number of benzene rings is 1. The molecule has 0 saturated carbocycles. The van der Waals surface area contributed by atoms with Crippen LogP contribution in [0.2, 0.25) is 0 Å². The van der Waals surface area contributed by atoms with Crippen LogP contribution in [-0.4, -0.2) is 44.8 Å². The van der Waals surface area contributed by atoms with Gasteiger partial charge in [0.05, 0.1) is 5.69 Å². The van der Waals surface area contributed by atoms with Gasteiger partial charge in [0, 0.05) is 42.3 Å². The normalized spacial score (nSPS) is 11.9. The summed E-state index contributed by atoms with van der Waals surface area (Å²) in [6, 6.07) is 10.9. The lowest BCUT2D eigenvalue weighted by atomic mass is 10.0. The molecule has 0 aliphatic heterocycles. The molecular weight excluding hydrogens is 560 g/mol. The van der Waals surface area contributed by atoms with Gasteiger partial charge in [-0.1, -0.05) is 44.2 Å². The van der Waals surface area contributed by atoms with Gasteiger partial charge in [-0.3, -0.25) is 19.1 Å². The number of carboxylic acid groups (broad SMARTS) is 1. The second kappa shape index (κ2) is 16.4. The van der Waals surface area contributed by atoms with E-state index in [-0.39, 0.29) is 12.0 Å². The van der Waals surface area contributed by atoms with Crippen molar-refractivity contribution in [2.75, 3.05) is 11.9 Å². The van der Waals surface area contributed by atoms with Gasteiger partial charge in [-0.25, -0.2) is 9.59 Å². The summed E-state index contributed by atoms with van der Waals surface area (Å²) in [5.74, 6) is -1.51. The Hall–Kier alpha value is -4.47. The summed E-state index contributed by atoms with van der Waals surface area (Å²) < 4.78 is 6.31. The number of aryl methyl sites for hydroxylation is 1. The van der Waals surface area contributed by atoms with E-state index in [9.17, 15) is 24.3 Å². The van der Waals surface area contributed by atoms with E-state index in [2.05, 4.69) is 21.7 Å². The molecule has 2 aromatic heterocycles. The number of hydrogen-bond acceptors (Lipinski definition) is 6. The van der Waals surface area contributed by atoms with E-state index >= 15 is 0 Å². The minimum absolute atomic E-state index is 0.326. The third kappa shape index (κ3) is 11.3. The zero-order chi connectivity index (χ0) is 32.1. The summed E-state index contributed by atoms with van der Waals surface area (Å²) in [6.07, 6.45) is 13.3. The van der Waals surface area contributed by atoms with Gasteiger partial charge in [-0.2, -0.15) is 0 Å². The van der Waals surface area contributed by atoms with Gasteiger partial charge in [0.15, 0.2) is 0 Å². The lowest BCUT2D eigenvalue weighted by Crippen LogP contribution is -2.32. The average Bonchev–Trinajstić information content (AvgIpc) is 2.98. The molecule has 0 fully saturated rings. The third-order valence-electron chi connectivity index (χ3n) is 7.03. The fourth-order valence-electron chi connectivity index (χ4n) is 4.67. The van der Waals surface area contributed by atoms with E-state index < -0.39 is 23.2 Å². The number of carbonyl (C=O) groups excluding carboxylic acids is 2. The number of anilines is 1. The van der Waals surface area contributed by atoms with Gasteiger partial charge < -0.3 is 20.5 Å². The Morgan fingerprint density at radius 1 is 0.932 bits per heavy atom. The number of aliphatic carboxylic acids is 1. The Morgan fingerprint density at radius 2 is 1.64 bits per heavy atom. The maximum atomic E-state index is 13.0. The van der Waals surface area contributed by atoms with Crippen LogP contribution in [0.1, 0.15) is 94.6 Å². The topological polar surface area (TPSA) is 140 Å². The van der Waals surface area contributed by atoms with Crippen molar-refractivity contribution in [1.29, 1.82) is 0 Å². The number of carboxylic acids is 1. The van der Waals surface area contributed by atoms with Gasteiger partial charge in [-0.15, -0.1) is 0 Å². The Kier molecular flexibility index (Phi) is 12.7. The first-order chi connectivity index (χ1) is 20.9. The number of carbonyl (C=O) groups is 3. The molecule has 2 amide bonds. The molecule has 44 heavy (non-hydrogen) atoms. The van der Waals surface area contributed by atoms with Crippen LogP contribution < -0.4 is 16.2 Å². The Bertz CT molecular complexity index is 1480. The maximum Gasteiger partial charge on any atom is 0.407 e. The van der Waals surface area contributed by atoms with Gasteiger partial charge in [-0.05, 0) is 82.3 Å². The number of aromatic nitrogens is 2. The van der Waals surface area contributed by atoms with Gasteiger partial charge >= 0.3 is 12.1 Å². The molecule has 1 aromatic carbocycles. The summed E-state index contributed by atoms with van der Waals surface area (Å²) in [7, 11) is 0. The second-order valence-electron chi connectivity index (χ2n) is 11.9. The van der Waals surface area contributed by atoms with E-state index in [0.717, 1.165) is 66.2 Å². The van der Waals surface area contributed by atoms with E-state index in [0.29, 0.717) is 17.8 Å². The number of pyridine rings is 2. The van der Waals surface area contributed by atoms with Crippen LogP contribution in [0.15, 0.2) is 65.8 Å². The van der Waals surface area contributed by atoms with Crippen LogP contribution in [0.3, 0.4) is 0 Å². The monoisotopic (exact) mass is 604 g/mol. The summed E-state index contributed by atoms with van der Waals surface area (Å²) in [5, 5.41) is 14.8. The van der Waals surface area contributed by atoms with Crippen LogP contribution in [-0.2, 0) is 16.0 Å². The third-order valence-corrected chi connectivity index (χ3v) is 7.03. The second-order valence-corrected chi connectivity index (χ2v) is 11.9. The van der Waals surface area contributed by atoms with Gasteiger partial charge in [0.1, 0.15) is 11.6 Å². The largest absolute Gasteiger partial charge is 0.480 e. The van der Waals surface area contributed by atoms with Crippen molar-refractivity contribution < 1.29 is 24.2 Å². The predicted octanol–water partition coefficient (Wildman–Crippen LogP) is 6.61. The number of nitrogens with one attached hydrogen (secondary N) is 2. The SMILES string of the molecule is CC(C(=O)O)n1cc(NC(=O)c2cccc(-c3cncc(CCCCCCCCCNC(=O)OC(C)(C)C)c3)c2)ccc1=O. The Balaban J connectivity index is 1.44. The smallest absolute Gasteiger partial charge is 0.407 e. The first-order valence-electron chi connectivity index (χ1n) is 15.2. The highest BCUT2D eigenvalue weighted by molar-refractivity contribution is 6.04. The lowest BCUT2D eigenvalue weighted by Gasteiger charge is -2.19. The highest BCUT2D eigenvalue weighted by atomic mass is 16.6. The predicted molar refractivity (Wildman–Crippen MR) is 171 cm³/mol. The molecular formula is C34H44N4O6. The number of hydrogen-bond donors (Lipinski definition) is 3. The number of rotatable bonds is 15. The van der Waals surface area contributed by atoms with Crippen LogP contribution in [0, 0.1) is 0 Å². The van der Waals surface area contributed by atoms with E-state index in [1.54, 1.807) is 24.4 Å². The van der Waals surface area contributed by atoms with Crippen molar-refractivity contribution in [2.24, 2.45) is 0 Å². The number of amides is 2. The zero-order valence-electron chi connectivity index (χ0n) is 26.1. The highest BCUT2D eigenvalue weighted by Gasteiger charge is 2.17. The van der Waals surface area contributed by atoms with Crippen LogP contribution in [0.5, 0.6) is 0 Å². The van der Waals surface area contributed by atoms with E-state index in [4.69, 9.17) is 4.74 Å². The van der Waals surface area contributed by atoms with Crippen molar-refractivity contribution in [3.63, 3.8) is 0 Å². The first kappa shape index (κ1) is 34.0. The summed E-state index contributed by atoms with van der Waals surface area (Å²) in [4.78, 5) is 52.5. The van der Waals surface area contributed by atoms with Crippen molar-refractivity contribution in [1.82, 2.24) is 14.9 Å². The molecule has 3 N–H and O–H groups in total. The number of alkyl carbamates (subject to hydrolysis) is 1. The summed E-state index contributed by atoms with van der Waals surface area (Å²) >= 11 is 0. The Morgan fingerprint density at radius 3 is 2.34 bits per heavy atom. The quantitative estimate of drug-likeness (QED) is 0.166. The molecule has 0 aliphatic carbocycles. The lowest BCUT2D eigenvalue weighted by molar-refractivity contribution is -0.140. The molecule has 236 valence electrons. The number of nitrogens with zero attached hydrogens (tertiary/aromatic N) is 2. The molecule has 0 spiro atoms. The minimum Gasteiger partial charge on any atom is -0.480 e. The molecule has 0 aliphatic rings. The molecule has 2 heterocycles. The molecule has 3 aromatic rings. The molecule has 10 nitrogen and oxygen atoms in total. The molecule has 3 rings (SSSR count). The van der Waals surface area contributed by atoms with Crippen molar-refractivity contribution >= 4 is 23.7 Å². The van der Waals surface area contributed by atoms with Crippen LogP contribution in [0.25, 0.3) is 11.1 Å². The molecule has 0 saturated heterocycles. The van der Waals surface area contributed by atoms with Crippen LogP contribution >= 0.6 is 0 Å². The average molecular weight is 605 g/mol. The van der Waals surface area contributed by atoms with Crippen molar-refractivity contribution in [3.05, 3.63) is 82.5 Å². The number of unbranched alkanes of at least 4 members (excludes halogenated alkanes) is 6. The van der Waals surface area contributed by atoms with E-state index in [1.807, 2.05) is 33.0 Å².